The van der Waals surface area contributed by atoms with Gasteiger partial charge in [-0.1, -0.05) is 11.6 Å². The van der Waals surface area contributed by atoms with Gasteiger partial charge >= 0.3 is 0 Å². The first-order chi connectivity index (χ1) is 11.9. The average Bonchev–Trinajstić information content (AvgIpc) is 2.59. The van der Waals surface area contributed by atoms with Gasteiger partial charge in [-0.3, -0.25) is 9.59 Å². The molecule has 0 aromatic heterocycles. The average molecular weight is 361 g/mol. The summed E-state index contributed by atoms with van der Waals surface area (Å²) in [5.74, 6) is 0.692. The molecule has 0 radical (unpaired) electrons. The van der Waals surface area contributed by atoms with Crippen LogP contribution in [0.1, 0.15) is 6.92 Å². The van der Waals surface area contributed by atoms with Crippen LogP contribution in [0, 0.1) is 0 Å². The maximum atomic E-state index is 12.0. The van der Waals surface area contributed by atoms with Crippen LogP contribution in [0.5, 0.6) is 11.5 Å². The predicted octanol–water partition coefficient (Wildman–Crippen LogP) is 3.10. The first-order valence-electron chi connectivity index (χ1n) is 7.70. The molecule has 7 heteroatoms. The lowest BCUT2D eigenvalue weighted by molar-refractivity contribution is -0.125. The molecule has 0 saturated carbocycles. The lowest BCUT2D eigenvalue weighted by Crippen LogP contribution is -2.41. The van der Waals surface area contributed by atoms with E-state index in [1.54, 1.807) is 61.3 Å². The van der Waals surface area contributed by atoms with Crippen molar-refractivity contribution in [2.24, 2.45) is 0 Å². The molecule has 0 saturated heterocycles. The van der Waals surface area contributed by atoms with E-state index in [0.29, 0.717) is 27.9 Å². The predicted molar refractivity (Wildman–Crippen MR) is 95.5 cm³/mol. The number of nitrogens with one attached hydrogen (secondary N) is 1. The number of carbonyl (C=O) groups excluding carboxylic acids is 2. The Morgan fingerprint density at radius 2 is 2.00 bits per heavy atom. The normalized spacial score (nSPS) is 16.0. The van der Waals surface area contributed by atoms with Crippen molar-refractivity contribution in [1.82, 2.24) is 0 Å². The summed E-state index contributed by atoms with van der Waals surface area (Å²) in [4.78, 5) is 25.5. The summed E-state index contributed by atoms with van der Waals surface area (Å²) in [6.07, 6.45) is -0.559. The first-order valence-corrected chi connectivity index (χ1v) is 8.08. The highest BCUT2D eigenvalue weighted by atomic mass is 35.5. The Balaban J connectivity index is 1.63. The molecule has 6 nitrogen and oxygen atoms in total. The zero-order valence-electron chi connectivity index (χ0n) is 13.8. The van der Waals surface area contributed by atoms with Crippen molar-refractivity contribution in [3.8, 4) is 11.5 Å². The molecule has 0 fully saturated rings. The summed E-state index contributed by atoms with van der Waals surface area (Å²) in [7, 11) is 1.69. The van der Waals surface area contributed by atoms with Gasteiger partial charge in [-0.05, 0) is 43.3 Å². The third-order valence-corrected chi connectivity index (χ3v) is 4.02. The van der Waals surface area contributed by atoms with Gasteiger partial charge in [0.1, 0.15) is 11.5 Å². The Morgan fingerprint density at radius 1 is 1.28 bits per heavy atom. The molecule has 130 valence electrons. The molecule has 1 aliphatic heterocycles. The van der Waals surface area contributed by atoms with E-state index in [1.165, 1.54) is 0 Å². The quantitative estimate of drug-likeness (QED) is 0.909. The number of carbonyl (C=O) groups is 2. The van der Waals surface area contributed by atoms with Crippen LogP contribution in [-0.4, -0.2) is 31.6 Å². The number of anilines is 2. The lowest BCUT2D eigenvalue weighted by Gasteiger charge is -2.30. The Kier molecular flexibility index (Phi) is 4.81. The lowest BCUT2D eigenvalue weighted by atomic mass is 10.2. The zero-order valence-corrected chi connectivity index (χ0v) is 14.5. The van der Waals surface area contributed by atoms with E-state index in [9.17, 15) is 9.59 Å². The molecule has 0 spiro atoms. The van der Waals surface area contributed by atoms with Crippen LogP contribution in [0.25, 0.3) is 0 Å². The second kappa shape index (κ2) is 7.03. The summed E-state index contributed by atoms with van der Waals surface area (Å²) >= 11 is 5.80. The van der Waals surface area contributed by atoms with Crippen molar-refractivity contribution in [1.29, 1.82) is 0 Å². The van der Waals surface area contributed by atoms with Gasteiger partial charge in [0.2, 0.25) is 0 Å². The van der Waals surface area contributed by atoms with E-state index in [4.69, 9.17) is 21.1 Å². The van der Waals surface area contributed by atoms with Gasteiger partial charge < -0.3 is 19.7 Å². The third-order valence-electron chi connectivity index (χ3n) is 3.77. The van der Waals surface area contributed by atoms with Gasteiger partial charge in [0.15, 0.2) is 12.7 Å². The Morgan fingerprint density at radius 3 is 2.72 bits per heavy atom. The van der Waals surface area contributed by atoms with E-state index >= 15 is 0 Å². The Hall–Kier alpha value is -2.73. The number of hydrogen-bond donors (Lipinski definition) is 1. The second-order valence-corrected chi connectivity index (χ2v) is 6.07. The van der Waals surface area contributed by atoms with Crippen molar-refractivity contribution in [3.63, 3.8) is 0 Å². The maximum absolute atomic E-state index is 12.0. The molecule has 2 amide bonds. The van der Waals surface area contributed by atoms with Crippen LogP contribution < -0.4 is 19.7 Å². The zero-order chi connectivity index (χ0) is 18.0. The maximum Gasteiger partial charge on any atom is 0.267 e. The highest BCUT2D eigenvalue weighted by Gasteiger charge is 2.28. The second-order valence-electron chi connectivity index (χ2n) is 5.63. The monoisotopic (exact) mass is 360 g/mol. The number of ether oxygens (including phenoxy) is 2. The highest BCUT2D eigenvalue weighted by Crippen LogP contribution is 2.35. The molecule has 1 N–H and O–H groups in total. The molecule has 2 aromatic rings. The van der Waals surface area contributed by atoms with Crippen LogP contribution in [0.2, 0.25) is 5.02 Å². The smallest absolute Gasteiger partial charge is 0.267 e. The Labute approximate surface area is 150 Å². The Bertz CT molecular complexity index is 807. The third kappa shape index (κ3) is 3.85. The molecule has 0 bridgehead atoms. The van der Waals surface area contributed by atoms with Crippen LogP contribution in [0.4, 0.5) is 11.4 Å². The summed E-state index contributed by atoms with van der Waals surface area (Å²) < 4.78 is 11.0. The highest BCUT2D eigenvalue weighted by molar-refractivity contribution is 6.30. The van der Waals surface area contributed by atoms with Gasteiger partial charge in [-0.15, -0.1) is 0 Å². The number of hydrogen-bond acceptors (Lipinski definition) is 4. The van der Waals surface area contributed by atoms with E-state index in [-0.39, 0.29) is 18.4 Å². The fourth-order valence-corrected chi connectivity index (χ4v) is 2.60. The van der Waals surface area contributed by atoms with Gasteiger partial charge in [0.25, 0.3) is 11.8 Å². The molecular formula is C18H17ClN2O4. The van der Waals surface area contributed by atoms with Crippen LogP contribution in [0.15, 0.2) is 42.5 Å². The van der Waals surface area contributed by atoms with E-state index in [0.717, 1.165) is 0 Å². The number of amides is 2. The SMILES string of the molecule is CC1Oc2cc(NC(=O)COc3ccc(Cl)cc3)ccc2N(C)C1=O. The minimum absolute atomic E-state index is 0.111. The topological polar surface area (TPSA) is 67.9 Å². The van der Waals surface area contributed by atoms with Crippen molar-refractivity contribution in [3.05, 3.63) is 47.5 Å². The molecule has 1 atom stereocenters. The molecule has 25 heavy (non-hydrogen) atoms. The van der Waals surface area contributed by atoms with E-state index in [1.807, 2.05) is 0 Å². The molecular weight excluding hydrogens is 344 g/mol. The van der Waals surface area contributed by atoms with Crippen LogP contribution >= 0.6 is 11.6 Å². The standard InChI is InChI=1S/C18H17ClN2O4/c1-11-18(23)21(2)15-8-5-13(9-16(15)25-11)20-17(22)10-24-14-6-3-12(19)4-7-14/h3-9,11H,10H2,1-2H3,(H,20,22). The minimum atomic E-state index is -0.559. The molecule has 1 aliphatic rings. The van der Waals surface area contributed by atoms with Crippen molar-refractivity contribution in [2.45, 2.75) is 13.0 Å². The number of fused-ring (bicyclic) bond motifs is 1. The molecule has 0 aliphatic carbocycles. The first kappa shape index (κ1) is 17.1. The number of halogens is 1. The van der Waals surface area contributed by atoms with Crippen molar-refractivity contribution in [2.75, 3.05) is 23.9 Å². The van der Waals surface area contributed by atoms with Gasteiger partial charge in [-0.25, -0.2) is 0 Å². The molecule has 1 unspecified atom stereocenters. The van der Waals surface area contributed by atoms with Crippen LogP contribution in [-0.2, 0) is 9.59 Å². The van der Waals surface area contributed by atoms with Gasteiger partial charge in [0.05, 0.1) is 5.69 Å². The van der Waals surface area contributed by atoms with Gasteiger partial charge in [-0.2, -0.15) is 0 Å². The van der Waals surface area contributed by atoms with Crippen molar-refractivity contribution >= 4 is 34.8 Å². The van der Waals surface area contributed by atoms with Crippen LogP contribution in [0.3, 0.4) is 0 Å². The largest absolute Gasteiger partial charge is 0.484 e. The number of rotatable bonds is 4. The van der Waals surface area contributed by atoms with E-state index < -0.39 is 6.10 Å². The summed E-state index contributed by atoms with van der Waals surface area (Å²) in [6, 6.07) is 11.9. The summed E-state index contributed by atoms with van der Waals surface area (Å²) in [5.41, 5.74) is 1.23. The number of benzene rings is 2. The van der Waals surface area contributed by atoms with E-state index in [2.05, 4.69) is 5.32 Å². The number of nitrogens with zero attached hydrogens (tertiary/aromatic N) is 1. The van der Waals surface area contributed by atoms with Gasteiger partial charge in [0, 0.05) is 23.8 Å². The van der Waals surface area contributed by atoms with Crippen molar-refractivity contribution < 1.29 is 19.1 Å². The summed E-state index contributed by atoms with van der Waals surface area (Å²) in [5, 5.41) is 3.34. The summed E-state index contributed by atoms with van der Waals surface area (Å²) in [6.45, 7) is 1.56. The molecule has 2 aromatic carbocycles. The molecule has 3 rings (SSSR count). The molecule has 1 heterocycles. The number of likely N-dealkylation sites (N-methyl/N-ethyl adjacent to an activating group) is 1. The fourth-order valence-electron chi connectivity index (χ4n) is 2.47. The minimum Gasteiger partial charge on any atom is -0.484 e. The fraction of sp³-hybridized carbons (Fsp3) is 0.222.